The van der Waals surface area contributed by atoms with Crippen LogP contribution in [0.1, 0.15) is 17.3 Å². The van der Waals surface area contributed by atoms with E-state index in [1.54, 1.807) is 4.90 Å². The maximum absolute atomic E-state index is 12.9. The van der Waals surface area contributed by atoms with Crippen molar-refractivity contribution in [2.45, 2.75) is 19.1 Å². The predicted molar refractivity (Wildman–Crippen MR) is 89.2 cm³/mol. The van der Waals surface area contributed by atoms with E-state index in [4.69, 9.17) is 10.5 Å². The molecule has 3 rings (SSSR count). The number of rotatable bonds is 4. The number of hydrogen-bond donors (Lipinski definition) is 2. The van der Waals surface area contributed by atoms with Crippen LogP contribution in [0.2, 0.25) is 0 Å². The van der Waals surface area contributed by atoms with E-state index in [0.29, 0.717) is 24.4 Å². The zero-order chi connectivity index (χ0) is 17.1. The lowest BCUT2D eigenvalue weighted by Gasteiger charge is -2.17. The van der Waals surface area contributed by atoms with Gasteiger partial charge >= 0.3 is 0 Å². The summed E-state index contributed by atoms with van der Waals surface area (Å²) in [4.78, 5) is 22.6. The van der Waals surface area contributed by atoms with E-state index in [2.05, 4.69) is 9.97 Å². The molecule has 0 spiro atoms. The molecular weight excluding hydrogens is 308 g/mol. The zero-order valence-corrected chi connectivity index (χ0v) is 13.4. The first-order chi connectivity index (χ1) is 11.6. The molecule has 0 bridgehead atoms. The summed E-state index contributed by atoms with van der Waals surface area (Å²) < 4.78 is 5.47. The molecule has 1 saturated heterocycles. The Balaban J connectivity index is 1.91. The highest BCUT2D eigenvalue weighted by Gasteiger charge is 2.35. The number of ether oxygens (including phenoxy) is 1. The van der Waals surface area contributed by atoms with Crippen molar-refractivity contribution in [3.63, 3.8) is 0 Å². The van der Waals surface area contributed by atoms with Crippen LogP contribution in [0.15, 0.2) is 36.5 Å². The largest absolute Gasteiger partial charge is 0.388 e. The number of β-amino-alcohol motifs (C(OH)–C–C–N with tert-alkyl or cyclic N) is 1. The van der Waals surface area contributed by atoms with Crippen molar-refractivity contribution in [3.8, 4) is 11.3 Å². The molecule has 7 nitrogen and oxygen atoms in total. The normalized spacial score (nSPS) is 20.3. The zero-order valence-electron chi connectivity index (χ0n) is 13.4. The van der Waals surface area contributed by atoms with Crippen molar-refractivity contribution >= 4 is 11.9 Å². The smallest absolute Gasteiger partial charge is 0.257 e. The van der Waals surface area contributed by atoms with E-state index >= 15 is 0 Å². The summed E-state index contributed by atoms with van der Waals surface area (Å²) in [6, 6.07) is 9.35. The molecule has 1 aliphatic rings. The molecular formula is C17H20N4O3. The topological polar surface area (TPSA) is 102 Å². The van der Waals surface area contributed by atoms with E-state index in [1.807, 2.05) is 37.3 Å². The van der Waals surface area contributed by atoms with Gasteiger partial charge in [0.05, 0.1) is 17.4 Å². The minimum absolute atomic E-state index is 0.110. The van der Waals surface area contributed by atoms with Crippen LogP contribution >= 0.6 is 0 Å². The van der Waals surface area contributed by atoms with Gasteiger partial charge in [0, 0.05) is 31.5 Å². The Bertz CT molecular complexity index is 723. The standard InChI is InChI=1S/C17H20N4O3/c1-2-24-14-10-21(9-13(14)22)16(23)12-8-19-17(18)20-15(12)11-6-4-3-5-7-11/h3-8,13-14,22H,2,9-10H2,1H3,(H2,18,19,20)/t13-,14-/m1/s1. The number of benzene rings is 1. The van der Waals surface area contributed by atoms with Gasteiger partial charge in [-0.3, -0.25) is 4.79 Å². The SMILES string of the molecule is CCO[C@@H]1CN(C(=O)c2cnc(N)nc2-c2ccccc2)C[C@H]1O. The van der Waals surface area contributed by atoms with E-state index in [0.717, 1.165) is 5.56 Å². The number of nitrogens with zero attached hydrogens (tertiary/aromatic N) is 3. The number of aromatic nitrogens is 2. The van der Waals surface area contributed by atoms with Crippen LogP contribution < -0.4 is 5.73 Å². The molecule has 1 aliphatic heterocycles. The molecule has 2 heterocycles. The Morgan fingerprint density at radius 2 is 2.12 bits per heavy atom. The number of likely N-dealkylation sites (tertiary alicyclic amines) is 1. The fourth-order valence-corrected chi connectivity index (χ4v) is 2.84. The first-order valence-electron chi connectivity index (χ1n) is 7.87. The first-order valence-corrected chi connectivity index (χ1v) is 7.87. The summed E-state index contributed by atoms with van der Waals surface area (Å²) >= 11 is 0. The molecule has 24 heavy (non-hydrogen) atoms. The summed E-state index contributed by atoms with van der Waals surface area (Å²) in [5, 5.41) is 10.0. The lowest BCUT2D eigenvalue weighted by Crippen LogP contribution is -2.31. The third-order valence-electron chi connectivity index (χ3n) is 3.99. The fraction of sp³-hybridized carbons (Fsp3) is 0.353. The number of hydrogen-bond acceptors (Lipinski definition) is 6. The second-order valence-electron chi connectivity index (χ2n) is 5.63. The minimum atomic E-state index is -0.691. The van der Waals surface area contributed by atoms with Crippen molar-refractivity contribution in [1.82, 2.24) is 14.9 Å². The average Bonchev–Trinajstić information content (AvgIpc) is 2.96. The third kappa shape index (κ3) is 3.22. The Hall–Kier alpha value is -2.51. The van der Waals surface area contributed by atoms with Crippen LogP contribution in [0, 0.1) is 0 Å². The van der Waals surface area contributed by atoms with Gasteiger partial charge in [-0.25, -0.2) is 9.97 Å². The van der Waals surface area contributed by atoms with E-state index < -0.39 is 6.10 Å². The van der Waals surface area contributed by atoms with Gasteiger partial charge in [0.2, 0.25) is 5.95 Å². The van der Waals surface area contributed by atoms with Crippen LogP contribution in [0.4, 0.5) is 5.95 Å². The van der Waals surface area contributed by atoms with Gasteiger partial charge in [-0.1, -0.05) is 30.3 Å². The molecule has 1 fully saturated rings. The van der Waals surface area contributed by atoms with Crippen molar-refractivity contribution in [2.24, 2.45) is 0 Å². The second-order valence-corrected chi connectivity index (χ2v) is 5.63. The molecule has 0 aliphatic carbocycles. The molecule has 2 aromatic rings. The van der Waals surface area contributed by atoms with Crippen LogP contribution in [0.5, 0.6) is 0 Å². The van der Waals surface area contributed by atoms with Crippen molar-refractivity contribution in [2.75, 3.05) is 25.4 Å². The molecule has 2 atom stereocenters. The lowest BCUT2D eigenvalue weighted by atomic mass is 10.1. The highest BCUT2D eigenvalue weighted by Crippen LogP contribution is 2.25. The number of carbonyl (C=O) groups is 1. The molecule has 0 saturated carbocycles. The summed E-state index contributed by atoms with van der Waals surface area (Å²) in [5.74, 6) is -0.130. The highest BCUT2D eigenvalue weighted by atomic mass is 16.5. The number of anilines is 1. The number of aliphatic hydroxyl groups is 1. The van der Waals surface area contributed by atoms with E-state index in [1.165, 1.54) is 6.20 Å². The van der Waals surface area contributed by atoms with Gasteiger partial charge in [-0.05, 0) is 6.92 Å². The fourth-order valence-electron chi connectivity index (χ4n) is 2.84. The van der Waals surface area contributed by atoms with Gasteiger partial charge in [0.15, 0.2) is 0 Å². The molecule has 0 radical (unpaired) electrons. The summed E-state index contributed by atoms with van der Waals surface area (Å²) in [7, 11) is 0. The van der Waals surface area contributed by atoms with Crippen LogP contribution in [-0.4, -0.2) is 57.8 Å². The average molecular weight is 328 g/mol. The molecule has 7 heteroatoms. The summed E-state index contributed by atoms with van der Waals surface area (Å²) in [5.41, 5.74) is 7.33. The van der Waals surface area contributed by atoms with Crippen molar-refractivity contribution in [1.29, 1.82) is 0 Å². The van der Waals surface area contributed by atoms with Crippen molar-refractivity contribution in [3.05, 3.63) is 42.1 Å². The third-order valence-corrected chi connectivity index (χ3v) is 3.99. The van der Waals surface area contributed by atoms with Gasteiger partial charge in [-0.2, -0.15) is 0 Å². The molecule has 1 aromatic heterocycles. The maximum Gasteiger partial charge on any atom is 0.257 e. The molecule has 126 valence electrons. The minimum Gasteiger partial charge on any atom is -0.388 e. The predicted octanol–water partition coefficient (Wildman–Crippen LogP) is 0.948. The van der Waals surface area contributed by atoms with Gasteiger partial charge in [0.1, 0.15) is 6.10 Å². The first kappa shape index (κ1) is 16.4. The van der Waals surface area contributed by atoms with Gasteiger partial charge in [0.25, 0.3) is 5.91 Å². The number of nitrogens with two attached hydrogens (primary N) is 1. The monoisotopic (exact) mass is 328 g/mol. The van der Waals surface area contributed by atoms with Crippen LogP contribution in [-0.2, 0) is 4.74 Å². The van der Waals surface area contributed by atoms with Crippen molar-refractivity contribution < 1.29 is 14.6 Å². The molecule has 3 N–H and O–H groups in total. The number of nitrogen functional groups attached to an aromatic ring is 1. The Morgan fingerprint density at radius 1 is 1.38 bits per heavy atom. The van der Waals surface area contributed by atoms with Gasteiger partial charge in [-0.15, -0.1) is 0 Å². The maximum atomic E-state index is 12.9. The quantitative estimate of drug-likeness (QED) is 0.866. The van der Waals surface area contributed by atoms with Crippen LogP contribution in [0.3, 0.4) is 0 Å². The van der Waals surface area contributed by atoms with E-state index in [9.17, 15) is 9.90 Å². The van der Waals surface area contributed by atoms with Gasteiger partial charge < -0.3 is 20.5 Å². The Morgan fingerprint density at radius 3 is 2.83 bits per heavy atom. The summed E-state index contributed by atoms with van der Waals surface area (Å²) in [6.07, 6.45) is 0.380. The Kier molecular flexibility index (Phi) is 4.73. The molecule has 1 aromatic carbocycles. The lowest BCUT2D eigenvalue weighted by molar-refractivity contribution is -0.00237. The second kappa shape index (κ2) is 6.94. The highest BCUT2D eigenvalue weighted by molar-refractivity contribution is 6.00. The number of amides is 1. The Labute approximate surface area is 140 Å². The number of carbonyl (C=O) groups excluding carboxylic acids is 1. The van der Waals surface area contributed by atoms with E-state index in [-0.39, 0.29) is 24.5 Å². The summed E-state index contributed by atoms with van der Waals surface area (Å²) in [6.45, 7) is 2.91. The molecule has 1 amide bonds. The molecule has 0 unspecified atom stereocenters. The van der Waals surface area contributed by atoms with Crippen LogP contribution in [0.25, 0.3) is 11.3 Å². The number of aliphatic hydroxyl groups excluding tert-OH is 1.